The lowest BCUT2D eigenvalue weighted by Crippen LogP contribution is -2.49. The van der Waals surface area contributed by atoms with Crippen molar-refractivity contribution in [2.75, 3.05) is 6.54 Å². The van der Waals surface area contributed by atoms with E-state index in [0.29, 0.717) is 12.8 Å². The highest BCUT2D eigenvalue weighted by atomic mass is 79.9. The van der Waals surface area contributed by atoms with Crippen LogP contribution in [0.4, 0.5) is 13.2 Å². The van der Waals surface area contributed by atoms with Crippen molar-refractivity contribution in [3.63, 3.8) is 0 Å². The first-order chi connectivity index (χ1) is 9.86. The second kappa shape index (κ2) is 6.79. The maximum absolute atomic E-state index is 13.1. The highest BCUT2D eigenvalue weighted by Crippen LogP contribution is 2.29. The molecule has 1 aromatic carbocycles. The Bertz CT molecular complexity index is 490. The van der Waals surface area contributed by atoms with Crippen LogP contribution in [0.15, 0.2) is 28.7 Å². The van der Waals surface area contributed by atoms with Crippen LogP contribution in [0.5, 0.6) is 0 Å². The van der Waals surface area contributed by atoms with Crippen LogP contribution in [0, 0.1) is 0 Å². The molecule has 1 amide bonds. The minimum absolute atomic E-state index is 0.0279. The molecule has 0 radical (unpaired) electrons. The molecule has 1 aliphatic heterocycles. The van der Waals surface area contributed by atoms with Crippen molar-refractivity contribution < 1.29 is 18.0 Å². The Morgan fingerprint density at radius 2 is 1.95 bits per heavy atom. The van der Waals surface area contributed by atoms with Gasteiger partial charge in [-0.15, -0.1) is 0 Å². The predicted molar refractivity (Wildman–Crippen MR) is 76.4 cm³/mol. The molecule has 7 heteroatoms. The summed E-state index contributed by atoms with van der Waals surface area (Å²) in [5, 5.41) is 1.02. The summed E-state index contributed by atoms with van der Waals surface area (Å²) in [6.45, 7) is 0.112. The first kappa shape index (κ1) is 16.3. The molecule has 0 spiro atoms. The third-order valence-corrected chi connectivity index (χ3v) is 3.99. The van der Waals surface area contributed by atoms with Gasteiger partial charge in [-0.1, -0.05) is 28.1 Å². The van der Waals surface area contributed by atoms with Gasteiger partial charge in [0.25, 0.3) is 0 Å². The Balaban J connectivity index is 1.90. The molecular weight excluding hydrogens is 349 g/mol. The lowest BCUT2D eigenvalue weighted by Gasteiger charge is -2.28. The van der Waals surface area contributed by atoms with E-state index < -0.39 is 12.2 Å². The number of hydrogen-bond acceptors (Lipinski definition) is 2. The van der Waals surface area contributed by atoms with Gasteiger partial charge in [-0.2, -0.15) is 13.2 Å². The van der Waals surface area contributed by atoms with E-state index in [-0.39, 0.29) is 25.3 Å². The van der Waals surface area contributed by atoms with Gasteiger partial charge in [-0.05, 0) is 37.0 Å². The first-order valence-electron chi connectivity index (χ1n) is 6.73. The van der Waals surface area contributed by atoms with Crippen molar-refractivity contribution in [3.8, 4) is 0 Å². The van der Waals surface area contributed by atoms with E-state index in [4.69, 9.17) is 0 Å². The van der Waals surface area contributed by atoms with Crippen molar-refractivity contribution in [2.24, 2.45) is 0 Å². The molecule has 1 N–H and O–H groups in total. The minimum Gasteiger partial charge on any atom is -0.288 e. The van der Waals surface area contributed by atoms with Crippen LogP contribution in [-0.2, 0) is 11.2 Å². The molecule has 1 aliphatic rings. The summed E-state index contributed by atoms with van der Waals surface area (Å²) in [5.41, 5.74) is 3.29. The number of carbonyl (C=O) groups excluding carboxylic acids is 1. The topological polar surface area (TPSA) is 32.3 Å². The molecule has 0 aliphatic carbocycles. The molecule has 1 heterocycles. The number of nitrogens with zero attached hydrogens (tertiary/aromatic N) is 1. The lowest BCUT2D eigenvalue weighted by molar-refractivity contribution is -0.190. The molecule has 116 valence electrons. The Labute approximate surface area is 129 Å². The zero-order chi connectivity index (χ0) is 15.5. The van der Waals surface area contributed by atoms with E-state index in [9.17, 15) is 18.0 Å². The minimum atomic E-state index is -4.34. The number of aryl methyl sites for hydroxylation is 1. The molecule has 1 saturated heterocycles. The molecule has 1 aromatic rings. The van der Waals surface area contributed by atoms with Gasteiger partial charge in [0.05, 0.1) is 0 Å². The predicted octanol–water partition coefficient (Wildman–Crippen LogP) is 3.44. The SMILES string of the molecule is O=C1CCN([C@@H](CCCc2ccc(Br)cc2)C(F)(F)F)N1. The second-order valence-electron chi connectivity index (χ2n) is 5.05. The molecule has 0 aromatic heterocycles. The number of hydrogen-bond donors (Lipinski definition) is 1. The van der Waals surface area contributed by atoms with E-state index >= 15 is 0 Å². The number of nitrogens with one attached hydrogen (secondary N) is 1. The molecule has 0 bridgehead atoms. The van der Waals surface area contributed by atoms with Gasteiger partial charge in [-0.25, -0.2) is 5.01 Å². The van der Waals surface area contributed by atoms with Crippen LogP contribution < -0.4 is 5.43 Å². The standard InChI is InChI=1S/C14H16BrF3N2O/c15-11-6-4-10(5-7-11)2-1-3-12(14(16,17)18)20-9-8-13(21)19-20/h4-7,12H,1-3,8-9H2,(H,19,21)/t12-/m0/s1. The fourth-order valence-electron chi connectivity index (χ4n) is 2.37. The molecule has 1 fully saturated rings. The average molecular weight is 365 g/mol. The molecule has 1 atom stereocenters. The van der Waals surface area contributed by atoms with Gasteiger partial charge in [0.1, 0.15) is 6.04 Å². The summed E-state index contributed by atoms with van der Waals surface area (Å²) in [6.07, 6.45) is -3.24. The molecule has 0 unspecified atom stereocenters. The summed E-state index contributed by atoms with van der Waals surface area (Å²) in [7, 11) is 0. The van der Waals surface area contributed by atoms with Gasteiger partial charge < -0.3 is 0 Å². The largest absolute Gasteiger partial charge is 0.405 e. The quantitative estimate of drug-likeness (QED) is 0.867. The van der Waals surface area contributed by atoms with Gasteiger partial charge in [0.2, 0.25) is 5.91 Å². The Hall–Kier alpha value is -1.08. The number of rotatable bonds is 5. The zero-order valence-electron chi connectivity index (χ0n) is 11.3. The van der Waals surface area contributed by atoms with Crippen LogP contribution in [-0.4, -0.2) is 29.7 Å². The van der Waals surface area contributed by atoms with E-state index in [1.807, 2.05) is 24.3 Å². The monoisotopic (exact) mass is 364 g/mol. The zero-order valence-corrected chi connectivity index (χ0v) is 12.9. The van der Waals surface area contributed by atoms with E-state index in [2.05, 4.69) is 21.4 Å². The Morgan fingerprint density at radius 1 is 1.29 bits per heavy atom. The van der Waals surface area contributed by atoms with Crippen molar-refractivity contribution in [2.45, 2.75) is 37.9 Å². The number of amides is 1. The summed E-state index contributed by atoms with van der Waals surface area (Å²) in [5.74, 6) is -0.350. The molecule has 0 saturated carbocycles. The maximum Gasteiger partial charge on any atom is 0.405 e. The number of alkyl halides is 3. The smallest absolute Gasteiger partial charge is 0.288 e. The van der Waals surface area contributed by atoms with Crippen molar-refractivity contribution in [1.82, 2.24) is 10.4 Å². The maximum atomic E-state index is 13.1. The molecule has 3 nitrogen and oxygen atoms in total. The van der Waals surface area contributed by atoms with Crippen molar-refractivity contribution in [3.05, 3.63) is 34.3 Å². The highest BCUT2D eigenvalue weighted by Gasteiger charge is 2.45. The fourth-order valence-corrected chi connectivity index (χ4v) is 2.64. The van der Waals surface area contributed by atoms with Crippen LogP contribution in [0.1, 0.15) is 24.8 Å². The summed E-state index contributed by atoms with van der Waals surface area (Å²) in [4.78, 5) is 11.1. The second-order valence-corrected chi connectivity index (χ2v) is 5.97. The van der Waals surface area contributed by atoms with Gasteiger partial charge in [-0.3, -0.25) is 10.2 Å². The Morgan fingerprint density at radius 3 is 2.48 bits per heavy atom. The average Bonchev–Trinajstić information content (AvgIpc) is 2.81. The van der Waals surface area contributed by atoms with E-state index in [1.165, 1.54) is 0 Å². The van der Waals surface area contributed by atoms with Crippen LogP contribution in [0.25, 0.3) is 0 Å². The number of benzene rings is 1. The molecule has 2 rings (SSSR count). The highest BCUT2D eigenvalue weighted by molar-refractivity contribution is 9.10. The van der Waals surface area contributed by atoms with Gasteiger partial charge in [0.15, 0.2) is 0 Å². The third-order valence-electron chi connectivity index (χ3n) is 3.46. The third kappa shape index (κ3) is 4.71. The summed E-state index contributed by atoms with van der Waals surface area (Å²) >= 11 is 3.32. The molecular formula is C14H16BrF3N2O. The number of halogens is 4. The first-order valence-corrected chi connectivity index (χ1v) is 7.53. The fraction of sp³-hybridized carbons (Fsp3) is 0.500. The number of hydrazine groups is 1. The number of carbonyl (C=O) groups is 1. The van der Waals surface area contributed by atoms with Gasteiger partial charge >= 0.3 is 6.18 Å². The van der Waals surface area contributed by atoms with Crippen LogP contribution in [0.3, 0.4) is 0 Å². The summed E-state index contributed by atoms with van der Waals surface area (Å²) < 4.78 is 40.2. The van der Waals surface area contributed by atoms with E-state index in [0.717, 1.165) is 15.0 Å². The molecule has 21 heavy (non-hydrogen) atoms. The van der Waals surface area contributed by atoms with Crippen molar-refractivity contribution >= 4 is 21.8 Å². The van der Waals surface area contributed by atoms with E-state index in [1.54, 1.807) is 0 Å². The lowest BCUT2D eigenvalue weighted by atomic mass is 10.0. The van der Waals surface area contributed by atoms with Crippen molar-refractivity contribution in [1.29, 1.82) is 0 Å². The Kier molecular flexibility index (Phi) is 5.27. The van der Waals surface area contributed by atoms with Crippen LogP contribution in [0.2, 0.25) is 0 Å². The summed E-state index contributed by atoms with van der Waals surface area (Å²) in [6, 6.07) is 5.92. The van der Waals surface area contributed by atoms with Crippen LogP contribution >= 0.6 is 15.9 Å². The normalized spacial score (nSPS) is 17.8. The van der Waals surface area contributed by atoms with Gasteiger partial charge in [0, 0.05) is 17.4 Å².